The van der Waals surface area contributed by atoms with Gasteiger partial charge in [0.15, 0.2) is 0 Å². The summed E-state index contributed by atoms with van der Waals surface area (Å²) in [5.41, 5.74) is 2.20. The number of benzene rings is 2. The molecule has 0 bridgehead atoms. The first-order valence-electron chi connectivity index (χ1n) is 9.85. The van der Waals surface area contributed by atoms with Crippen LogP contribution in [-0.4, -0.2) is 51.6 Å². The first-order chi connectivity index (χ1) is 14.5. The molecule has 7 heteroatoms. The number of imide groups is 1. The lowest BCUT2D eigenvalue weighted by Crippen LogP contribution is -2.45. The van der Waals surface area contributed by atoms with Crippen molar-refractivity contribution in [1.82, 2.24) is 14.8 Å². The highest BCUT2D eigenvalue weighted by Gasteiger charge is 2.39. The Balaban J connectivity index is 1.43. The highest BCUT2D eigenvalue weighted by atomic mass is 79.9. The third kappa shape index (κ3) is 3.01. The van der Waals surface area contributed by atoms with E-state index in [-0.39, 0.29) is 30.3 Å². The Morgan fingerprint density at radius 3 is 2.53 bits per heavy atom. The molecular weight excluding hydrogens is 446 g/mol. The fourth-order valence-corrected chi connectivity index (χ4v) is 4.73. The van der Waals surface area contributed by atoms with E-state index in [0.29, 0.717) is 23.2 Å². The number of carbonyl (C=O) groups excluding carboxylic acids is 3. The number of nitrogens with zero attached hydrogens (tertiary/aromatic N) is 3. The minimum absolute atomic E-state index is 0.0976. The molecular formula is C23H18BrN3O3. The number of fused-ring (bicyclic) bond motifs is 2. The molecule has 3 amide bonds. The van der Waals surface area contributed by atoms with Crippen molar-refractivity contribution < 1.29 is 14.4 Å². The Kier molecular flexibility index (Phi) is 4.62. The number of carbonyl (C=O) groups is 3. The Bertz CT molecular complexity index is 1170. The number of hydrogen-bond donors (Lipinski definition) is 0. The molecule has 1 aromatic heterocycles. The molecule has 3 heterocycles. The standard InChI is InChI=1S/C23H18BrN3O3/c24-14-7-8-20-19(12-14)18(9-10-25-20)21(28)26-11-3-4-15(26)13-27-22(29)16-5-1-2-6-17(16)23(27)30/h1-2,5-10,12,15H,3-4,11,13H2/t15-/m0/s1. The van der Waals surface area contributed by atoms with Crippen molar-refractivity contribution in [2.75, 3.05) is 13.1 Å². The van der Waals surface area contributed by atoms with Crippen LogP contribution in [0, 0.1) is 0 Å². The molecule has 1 fully saturated rings. The smallest absolute Gasteiger partial charge is 0.261 e. The first kappa shape index (κ1) is 18.9. The SMILES string of the molecule is O=C1c2ccccc2C(=O)N1C[C@@H]1CCCN1C(=O)c1ccnc2ccc(Br)cc12. The maximum atomic E-state index is 13.4. The Morgan fingerprint density at radius 2 is 1.80 bits per heavy atom. The highest BCUT2D eigenvalue weighted by Crippen LogP contribution is 2.29. The predicted molar refractivity (Wildman–Crippen MR) is 115 cm³/mol. The molecule has 0 spiro atoms. The number of halogens is 1. The Hall–Kier alpha value is -3.06. The molecule has 1 saturated heterocycles. The van der Waals surface area contributed by atoms with Crippen LogP contribution in [0.3, 0.4) is 0 Å². The van der Waals surface area contributed by atoms with Crippen LogP contribution in [0.2, 0.25) is 0 Å². The molecule has 0 N–H and O–H groups in total. The van der Waals surface area contributed by atoms with Crippen molar-refractivity contribution in [3.63, 3.8) is 0 Å². The van der Waals surface area contributed by atoms with Crippen molar-refractivity contribution >= 4 is 44.6 Å². The van der Waals surface area contributed by atoms with Gasteiger partial charge in [-0.05, 0) is 49.2 Å². The molecule has 3 aromatic rings. The van der Waals surface area contributed by atoms with Crippen molar-refractivity contribution in [3.8, 4) is 0 Å². The number of likely N-dealkylation sites (tertiary alicyclic amines) is 1. The van der Waals surface area contributed by atoms with Gasteiger partial charge < -0.3 is 4.90 Å². The largest absolute Gasteiger partial charge is 0.334 e. The van der Waals surface area contributed by atoms with E-state index in [0.717, 1.165) is 28.2 Å². The summed E-state index contributed by atoms with van der Waals surface area (Å²) in [6.45, 7) is 0.815. The van der Waals surface area contributed by atoms with Crippen molar-refractivity contribution in [2.45, 2.75) is 18.9 Å². The average Bonchev–Trinajstić information content (AvgIpc) is 3.32. The van der Waals surface area contributed by atoms with Crippen molar-refractivity contribution in [2.24, 2.45) is 0 Å². The van der Waals surface area contributed by atoms with Crippen LogP contribution in [0.4, 0.5) is 0 Å². The van der Waals surface area contributed by atoms with E-state index in [1.54, 1.807) is 41.4 Å². The molecule has 6 nitrogen and oxygen atoms in total. The van der Waals surface area contributed by atoms with Crippen LogP contribution < -0.4 is 0 Å². The van der Waals surface area contributed by atoms with E-state index < -0.39 is 0 Å². The van der Waals surface area contributed by atoms with Gasteiger partial charge >= 0.3 is 0 Å². The Morgan fingerprint density at radius 1 is 1.07 bits per heavy atom. The van der Waals surface area contributed by atoms with Gasteiger partial charge in [-0.2, -0.15) is 0 Å². The lowest BCUT2D eigenvalue weighted by Gasteiger charge is -2.28. The molecule has 0 unspecified atom stereocenters. The second kappa shape index (κ2) is 7.32. The fourth-order valence-electron chi connectivity index (χ4n) is 4.37. The van der Waals surface area contributed by atoms with Crippen LogP contribution >= 0.6 is 15.9 Å². The minimum Gasteiger partial charge on any atom is -0.334 e. The molecule has 0 aliphatic carbocycles. The quantitative estimate of drug-likeness (QED) is 0.552. The minimum atomic E-state index is -0.284. The van der Waals surface area contributed by atoms with Gasteiger partial charge in [-0.15, -0.1) is 0 Å². The normalized spacial score (nSPS) is 18.4. The summed E-state index contributed by atoms with van der Waals surface area (Å²) in [4.78, 5) is 46.3. The molecule has 2 aromatic carbocycles. The number of aromatic nitrogens is 1. The van der Waals surface area contributed by atoms with Crippen LogP contribution in [0.15, 0.2) is 59.2 Å². The van der Waals surface area contributed by atoms with Gasteiger partial charge in [0.2, 0.25) is 0 Å². The summed E-state index contributed by atoms with van der Waals surface area (Å²) in [5.74, 6) is -0.666. The number of pyridine rings is 1. The Labute approximate surface area is 181 Å². The van der Waals surface area contributed by atoms with Gasteiger partial charge in [0.1, 0.15) is 0 Å². The molecule has 2 aliphatic heterocycles. The second-order valence-electron chi connectivity index (χ2n) is 7.58. The van der Waals surface area contributed by atoms with Crippen molar-refractivity contribution in [3.05, 3.63) is 75.9 Å². The predicted octanol–water partition coefficient (Wildman–Crippen LogP) is 3.90. The van der Waals surface area contributed by atoms with E-state index in [9.17, 15) is 14.4 Å². The third-order valence-corrected chi connectivity index (χ3v) is 6.34. The average molecular weight is 464 g/mol. The lowest BCUT2D eigenvalue weighted by atomic mass is 10.1. The van der Waals surface area contributed by atoms with E-state index in [1.807, 2.05) is 18.2 Å². The van der Waals surface area contributed by atoms with E-state index in [1.165, 1.54) is 4.90 Å². The number of hydrogen-bond acceptors (Lipinski definition) is 4. The van der Waals surface area contributed by atoms with E-state index >= 15 is 0 Å². The lowest BCUT2D eigenvalue weighted by molar-refractivity contribution is 0.0563. The summed E-state index contributed by atoms with van der Waals surface area (Å²) in [6, 6.07) is 14.1. The number of amides is 3. The summed E-state index contributed by atoms with van der Waals surface area (Å²) < 4.78 is 0.876. The van der Waals surface area contributed by atoms with Gasteiger partial charge in [0, 0.05) is 29.1 Å². The van der Waals surface area contributed by atoms with Crippen molar-refractivity contribution in [1.29, 1.82) is 0 Å². The van der Waals surface area contributed by atoms with Crippen LogP contribution in [-0.2, 0) is 0 Å². The van der Waals surface area contributed by atoms with E-state index in [2.05, 4.69) is 20.9 Å². The van der Waals surface area contributed by atoms with Gasteiger partial charge in [0.05, 0.1) is 28.2 Å². The van der Waals surface area contributed by atoms with Crippen LogP contribution in [0.25, 0.3) is 10.9 Å². The highest BCUT2D eigenvalue weighted by molar-refractivity contribution is 9.10. The van der Waals surface area contributed by atoms with E-state index in [4.69, 9.17) is 0 Å². The molecule has 150 valence electrons. The molecule has 0 saturated carbocycles. The summed E-state index contributed by atoms with van der Waals surface area (Å²) in [6.07, 6.45) is 3.23. The summed E-state index contributed by atoms with van der Waals surface area (Å²) in [5, 5.41) is 0.781. The second-order valence-corrected chi connectivity index (χ2v) is 8.50. The van der Waals surface area contributed by atoms with Gasteiger partial charge in [-0.3, -0.25) is 24.3 Å². The summed E-state index contributed by atoms with van der Waals surface area (Å²) >= 11 is 3.46. The summed E-state index contributed by atoms with van der Waals surface area (Å²) in [7, 11) is 0. The molecule has 1 atom stereocenters. The third-order valence-electron chi connectivity index (χ3n) is 5.84. The monoisotopic (exact) mass is 463 g/mol. The van der Waals surface area contributed by atoms with Gasteiger partial charge in [-0.1, -0.05) is 28.1 Å². The topological polar surface area (TPSA) is 70.6 Å². The molecule has 30 heavy (non-hydrogen) atoms. The van der Waals surface area contributed by atoms with Crippen LogP contribution in [0.5, 0.6) is 0 Å². The maximum Gasteiger partial charge on any atom is 0.261 e. The zero-order chi connectivity index (χ0) is 20.8. The van der Waals surface area contributed by atoms with Gasteiger partial charge in [-0.25, -0.2) is 0 Å². The fraction of sp³-hybridized carbons (Fsp3) is 0.217. The zero-order valence-corrected chi connectivity index (χ0v) is 17.6. The zero-order valence-electron chi connectivity index (χ0n) is 16.0. The van der Waals surface area contributed by atoms with Gasteiger partial charge in [0.25, 0.3) is 17.7 Å². The molecule has 0 radical (unpaired) electrons. The number of rotatable bonds is 3. The first-order valence-corrected chi connectivity index (χ1v) is 10.6. The van der Waals surface area contributed by atoms with Crippen LogP contribution in [0.1, 0.15) is 43.9 Å². The maximum absolute atomic E-state index is 13.4. The molecule has 2 aliphatic rings. The molecule has 5 rings (SSSR count).